The van der Waals surface area contributed by atoms with Gasteiger partial charge in [0.05, 0.1) is 0 Å². The molecule has 8 aromatic carbocycles. The molecule has 0 atom stereocenters. The fourth-order valence-electron chi connectivity index (χ4n) is 8.13. The van der Waals surface area contributed by atoms with Crippen LogP contribution in [0, 0.1) is 0 Å². The minimum absolute atomic E-state index is 0.0341. The molecule has 0 saturated carbocycles. The van der Waals surface area contributed by atoms with Crippen LogP contribution in [0.15, 0.2) is 152 Å². The predicted octanol–water partition coefficient (Wildman–Crippen LogP) is 12.3. The van der Waals surface area contributed by atoms with Crippen LogP contribution >= 0.6 is 0 Å². The number of hydrogen-bond acceptors (Lipinski definition) is 1. The van der Waals surface area contributed by atoms with Crippen molar-refractivity contribution in [2.24, 2.45) is 0 Å². The van der Waals surface area contributed by atoms with Gasteiger partial charge in [-0.25, -0.2) is 0 Å². The van der Waals surface area contributed by atoms with E-state index in [1.807, 2.05) is 0 Å². The van der Waals surface area contributed by atoms with Crippen molar-refractivity contribution in [3.8, 4) is 11.1 Å². The maximum absolute atomic E-state index is 2.50. The Kier molecular flexibility index (Phi) is 5.71. The van der Waals surface area contributed by atoms with Gasteiger partial charge in [-0.15, -0.1) is 0 Å². The number of benzene rings is 8. The van der Waals surface area contributed by atoms with Crippen LogP contribution in [0.1, 0.15) is 25.0 Å². The van der Waals surface area contributed by atoms with Crippen molar-refractivity contribution < 1.29 is 0 Å². The fourth-order valence-corrected chi connectivity index (χ4v) is 10.8. The van der Waals surface area contributed by atoms with E-state index in [4.69, 9.17) is 0 Å². The Morgan fingerprint density at radius 3 is 2.02 bits per heavy atom. The molecule has 0 spiro atoms. The Hall–Kier alpha value is -5.14. The number of rotatable bonds is 3. The van der Waals surface area contributed by atoms with E-state index in [-0.39, 0.29) is 19.9 Å². The molecule has 1 nitrogen and oxygen atoms in total. The normalized spacial score (nSPS) is 13.5. The van der Waals surface area contributed by atoms with E-state index in [0.29, 0.717) is 0 Å². The van der Waals surface area contributed by atoms with E-state index < -0.39 is 0 Å². The van der Waals surface area contributed by atoms with Crippen molar-refractivity contribution in [2.75, 3.05) is 4.90 Å². The Morgan fingerprint density at radius 2 is 1.13 bits per heavy atom. The van der Waals surface area contributed by atoms with Crippen molar-refractivity contribution in [3.05, 3.63) is 163 Å². The number of hydrogen-bond donors (Lipinski definition) is 0. The summed E-state index contributed by atoms with van der Waals surface area (Å²) < 4.78 is 2.99. The van der Waals surface area contributed by atoms with Crippen molar-refractivity contribution >= 4 is 83.2 Å². The molecule has 9 aromatic rings. The Labute approximate surface area is 280 Å². The molecule has 1 aliphatic carbocycles. The zero-order chi connectivity index (χ0) is 31.3. The molecule has 1 aromatic heterocycles. The van der Waals surface area contributed by atoms with Crippen LogP contribution in [-0.4, -0.2) is 14.5 Å². The van der Waals surface area contributed by atoms with Crippen LogP contribution < -0.4 is 4.90 Å². The molecule has 222 valence electrons. The minimum atomic E-state index is -0.0341. The summed E-state index contributed by atoms with van der Waals surface area (Å²) >= 11 is 0.272. The van der Waals surface area contributed by atoms with Gasteiger partial charge in [0, 0.05) is 0 Å². The first kappa shape index (κ1) is 27.0. The van der Waals surface area contributed by atoms with Crippen molar-refractivity contribution in [1.29, 1.82) is 0 Å². The van der Waals surface area contributed by atoms with Gasteiger partial charge in [0.2, 0.25) is 0 Å². The molecule has 0 radical (unpaired) electrons. The summed E-state index contributed by atoms with van der Waals surface area (Å²) in [6, 6.07) is 56.8. The maximum atomic E-state index is 2.50. The van der Waals surface area contributed by atoms with Crippen LogP contribution in [-0.2, 0) is 5.41 Å². The second kappa shape index (κ2) is 9.93. The van der Waals surface area contributed by atoms with Gasteiger partial charge in [0.1, 0.15) is 0 Å². The average molecular weight is 665 g/mol. The third kappa shape index (κ3) is 3.90. The fraction of sp³-hybridized carbons (Fsp3) is 0.0667. The third-order valence-electron chi connectivity index (χ3n) is 10.4. The third-order valence-corrected chi connectivity index (χ3v) is 12.9. The second-order valence-electron chi connectivity index (χ2n) is 13.3. The van der Waals surface area contributed by atoms with E-state index in [0.717, 1.165) is 5.69 Å². The molecule has 0 saturated heterocycles. The molecule has 2 heteroatoms. The number of nitrogens with zero attached hydrogens (tertiary/aromatic N) is 1. The summed E-state index contributed by atoms with van der Waals surface area (Å²) in [5.74, 6) is 0. The Balaban J connectivity index is 1.29. The number of anilines is 3. The second-order valence-corrected chi connectivity index (χ2v) is 15.6. The standard InChI is InChI=1S/C45H31NSe/c1-45(2)39-17-9-7-13-33(39)38-27-32(22-24-40(38)45)46(31-21-19-28-11-3-4-12-29(28)25-31)41-26-30-20-23-37-35-15-8-10-18-42(35)47-44(37)43(30)36-16-6-5-14-34(36)41/h3-27H,1-2H3. The monoisotopic (exact) mass is 665 g/mol. The molecule has 0 aliphatic heterocycles. The predicted molar refractivity (Wildman–Crippen MR) is 203 cm³/mol. The Morgan fingerprint density at radius 1 is 0.468 bits per heavy atom. The van der Waals surface area contributed by atoms with Gasteiger partial charge in [-0.05, 0) is 0 Å². The molecule has 0 unspecified atom stereocenters. The summed E-state index contributed by atoms with van der Waals surface area (Å²) in [5, 5.41) is 10.6. The molecule has 0 N–H and O–H groups in total. The van der Waals surface area contributed by atoms with E-state index in [9.17, 15) is 0 Å². The SMILES string of the molecule is CC1(C)c2ccccc2-c2cc(N(c3ccc4ccccc4c3)c3cc4ccc5c6ccccc6[se]c5c4c4ccccc34)ccc21. The topological polar surface area (TPSA) is 3.24 Å². The molecular formula is C45H31NSe. The molecule has 0 fully saturated rings. The van der Waals surface area contributed by atoms with E-state index in [2.05, 4.69) is 170 Å². The molecule has 10 rings (SSSR count). The van der Waals surface area contributed by atoms with E-state index in [1.54, 1.807) is 0 Å². The number of fused-ring (bicyclic) bond motifs is 11. The first-order valence-electron chi connectivity index (χ1n) is 16.4. The molecule has 1 heterocycles. The van der Waals surface area contributed by atoms with Gasteiger partial charge < -0.3 is 0 Å². The van der Waals surface area contributed by atoms with Crippen LogP contribution in [0.2, 0.25) is 0 Å². The molecule has 47 heavy (non-hydrogen) atoms. The zero-order valence-corrected chi connectivity index (χ0v) is 28.0. The van der Waals surface area contributed by atoms with Gasteiger partial charge in [0.25, 0.3) is 0 Å². The molecule has 1 aliphatic rings. The molecular weight excluding hydrogens is 633 g/mol. The zero-order valence-electron chi connectivity index (χ0n) is 26.3. The van der Waals surface area contributed by atoms with Crippen LogP contribution in [0.25, 0.3) is 62.7 Å². The van der Waals surface area contributed by atoms with Gasteiger partial charge >= 0.3 is 275 Å². The van der Waals surface area contributed by atoms with E-state index in [1.165, 1.54) is 85.2 Å². The summed E-state index contributed by atoms with van der Waals surface area (Å²) in [4.78, 5) is 2.50. The Bertz CT molecular complexity index is 2730. The summed E-state index contributed by atoms with van der Waals surface area (Å²) in [5.41, 5.74) is 8.97. The van der Waals surface area contributed by atoms with Gasteiger partial charge in [-0.3, -0.25) is 0 Å². The van der Waals surface area contributed by atoms with Crippen molar-refractivity contribution in [1.82, 2.24) is 0 Å². The van der Waals surface area contributed by atoms with Gasteiger partial charge in [0.15, 0.2) is 0 Å². The molecule has 0 amide bonds. The van der Waals surface area contributed by atoms with Crippen LogP contribution in [0.3, 0.4) is 0 Å². The van der Waals surface area contributed by atoms with Gasteiger partial charge in [-0.1, -0.05) is 6.07 Å². The van der Waals surface area contributed by atoms with Gasteiger partial charge in [-0.2, -0.15) is 0 Å². The first-order chi connectivity index (χ1) is 23.1. The average Bonchev–Trinajstić information content (AvgIpc) is 3.60. The summed E-state index contributed by atoms with van der Waals surface area (Å²) in [7, 11) is 0. The van der Waals surface area contributed by atoms with Crippen LogP contribution in [0.5, 0.6) is 0 Å². The molecule has 0 bridgehead atoms. The van der Waals surface area contributed by atoms with Crippen molar-refractivity contribution in [2.45, 2.75) is 19.3 Å². The summed E-state index contributed by atoms with van der Waals surface area (Å²) in [6.07, 6.45) is 0. The first-order valence-corrected chi connectivity index (χ1v) is 18.1. The van der Waals surface area contributed by atoms with Crippen molar-refractivity contribution in [3.63, 3.8) is 0 Å². The van der Waals surface area contributed by atoms with E-state index >= 15 is 0 Å². The van der Waals surface area contributed by atoms with Crippen LogP contribution in [0.4, 0.5) is 17.1 Å². The summed E-state index contributed by atoms with van der Waals surface area (Å²) in [6.45, 7) is 4.71. The quantitative estimate of drug-likeness (QED) is 0.134.